The normalized spacial score (nSPS) is 11.2. The summed E-state index contributed by atoms with van der Waals surface area (Å²) in [4.78, 5) is 25.8. The molecule has 0 unspecified atom stereocenters. The zero-order valence-corrected chi connectivity index (χ0v) is 14.9. The molecule has 0 aromatic carbocycles. The maximum atomic E-state index is 11.9. The molecule has 2 aromatic heterocycles. The molecule has 0 saturated heterocycles. The van der Waals surface area contributed by atoms with Gasteiger partial charge in [0.1, 0.15) is 10.8 Å². The van der Waals surface area contributed by atoms with Gasteiger partial charge in [-0.15, -0.1) is 11.3 Å². The summed E-state index contributed by atoms with van der Waals surface area (Å²) in [5.74, 6) is 1.12. The molecule has 1 amide bonds. The molecule has 0 aliphatic carbocycles. The molecule has 2 aromatic rings. The Morgan fingerprint density at radius 1 is 1.29 bits per heavy atom. The van der Waals surface area contributed by atoms with Crippen molar-refractivity contribution >= 4 is 29.0 Å². The maximum absolute atomic E-state index is 11.9. The van der Waals surface area contributed by atoms with Crippen molar-refractivity contribution in [3.63, 3.8) is 0 Å². The molecular formula is C16H22N6OS. The van der Waals surface area contributed by atoms with Gasteiger partial charge in [-0.1, -0.05) is 6.07 Å². The number of aromatic nitrogens is 2. The van der Waals surface area contributed by atoms with Crippen molar-refractivity contribution in [3.8, 4) is 0 Å². The Morgan fingerprint density at radius 2 is 2.12 bits per heavy atom. The number of rotatable bonds is 6. The number of nitrogens with one attached hydrogen (secondary N) is 3. The molecule has 24 heavy (non-hydrogen) atoms. The van der Waals surface area contributed by atoms with Gasteiger partial charge in [0.15, 0.2) is 5.96 Å². The minimum Gasteiger partial charge on any atom is -0.356 e. The van der Waals surface area contributed by atoms with Gasteiger partial charge in [-0.25, -0.2) is 9.97 Å². The van der Waals surface area contributed by atoms with E-state index in [9.17, 15) is 4.79 Å². The fraction of sp³-hybridized carbons (Fsp3) is 0.375. The number of pyridine rings is 1. The third-order valence-corrected chi connectivity index (χ3v) is 4.01. The number of guanidine groups is 1. The SMILES string of the molecule is CN=C(NCCC(=O)Nc1cccc(C)n1)NCc1ncc(C)s1. The smallest absolute Gasteiger partial charge is 0.227 e. The average molecular weight is 346 g/mol. The maximum Gasteiger partial charge on any atom is 0.227 e. The Bertz CT molecular complexity index is 712. The molecule has 0 fully saturated rings. The number of anilines is 1. The van der Waals surface area contributed by atoms with E-state index < -0.39 is 0 Å². The molecule has 0 bridgehead atoms. The fourth-order valence-electron chi connectivity index (χ4n) is 1.98. The summed E-state index contributed by atoms with van der Waals surface area (Å²) in [6.07, 6.45) is 2.17. The van der Waals surface area contributed by atoms with Gasteiger partial charge in [-0.3, -0.25) is 9.79 Å². The van der Waals surface area contributed by atoms with E-state index in [4.69, 9.17) is 0 Å². The van der Waals surface area contributed by atoms with Gasteiger partial charge in [0, 0.05) is 36.8 Å². The Hall–Kier alpha value is -2.48. The highest BCUT2D eigenvalue weighted by Gasteiger charge is 2.05. The topological polar surface area (TPSA) is 91.3 Å². The lowest BCUT2D eigenvalue weighted by Crippen LogP contribution is -2.38. The molecule has 0 saturated carbocycles. The highest BCUT2D eigenvalue weighted by molar-refractivity contribution is 7.11. The largest absolute Gasteiger partial charge is 0.356 e. The lowest BCUT2D eigenvalue weighted by molar-refractivity contribution is -0.116. The average Bonchev–Trinajstić information content (AvgIpc) is 2.96. The third kappa shape index (κ3) is 5.96. The van der Waals surface area contributed by atoms with E-state index in [0.29, 0.717) is 31.3 Å². The van der Waals surface area contributed by atoms with Crippen LogP contribution in [0, 0.1) is 13.8 Å². The molecule has 0 spiro atoms. The van der Waals surface area contributed by atoms with Crippen LogP contribution in [0.1, 0.15) is 22.0 Å². The zero-order valence-electron chi connectivity index (χ0n) is 14.1. The number of nitrogens with zero attached hydrogens (tertiary/aromatic N) is 3. The highest BCUT2D eigenvalue weighted by atomic mass is 32.1. The Labute approximate surface area is 145 Å². The van der Waals surface area contributed by atoms with Crippen LogP contribution in [-0.4, -0.2) is 35.4 Å². The first-order valence-electron chi connectivity index (χ1n) is 7.66. The lowest BCUT2D eigenvalue weighted by atomic mass is 10.3. The number of aryl methyl sites for hydroxylation is 2. The van der Waals surface area contributed by atoms with E-state index in [0.717, 1.165) is 10.7 Å². The summed E-state index contributed by atoms with van der Waals surface area (Å²) in [7, 11) is 1.69. The van der Waals surface area contributed by atoms with Gasteiger partial charge < -0.3 is 16.0 Å². The van der Waals surface area contributed by atoms with Gasteiger partial charge >= 0.3 is 0 Å². The first kappa shape index (κ1) is 17.9. The monoisotopic (exact) mass is 346 g/mol. The van der Waals surface area contributed by atoms with Crippen molar-refractivity contribution in [2.45, 2.75) is 26.8 Å². The number of amides is 1. The van der Waals surface area contributed by atoms with Crippen LogP contribution in [0.25, 0.3) is 0 Å². The van der Waals surface area contributed by atoms with Gasteiger partial charge in [0.25, 0.3) is 0 Å². The van der Waals surface area contributed by atoms with Crippen LogP contribution in [0.2, 0.25) is 0 Å². The van der Waals surface area contributed by atoms with Gasteiger partial charge in [0.2, 0.25) is 5.91 Å². The van der Waals surface area contributed by atoms with Crippen LogP contribution in [0.15, 0.2) is 29.4 Å². The van der Waals surface area contributed by atoms with Crippen molar-refractivity contribution in [1.82, 2.24) is 20.6 Å². The number of aliphatic imine (C=N–C) groups is 1. The first-order chi connectivity index (χ1) is 11.6. The molecule has 2 heterocycles. The van der Waals surface area contributed by atoms with Crippen LogP contribution in [0.5, 0.6) is 0 Å². The summed E-state index contributed by atoms with van der Waals surface area (Å²) in [6.45, 7) is 5.00. The van der Waals surface area contributed by atoms with E-state index in [1.165, 1.54) is 4.88 Å². The second kappa shape index (κ2) is 8.97. The summed E-state index contributed by atoms with van der Waals surface area (Å²) in [6, 6.07) is 5.52. The molecule has 0 atom stereocenters. The van der Waals surface area contributed by atoms with E-state index in [-0.39, 0.29) is 5.91 Å². The van der Waals surface area contributed by atoms with E-state index in [1.807, 2.05) is 32.2 Å². The number of hydrogen-bond acceptors (Lipinski definition) is 5. The van der Waals surface area contributed by atoms with Gasteiger partial charge in [-0.05, 0) is 26.0 Å². The second-order valence-electron chi connectivity index (χ2n) is 5.18. The minimum atomic E-state index is -0.0911. The van der Waals surface area contributed by atoms with Crippen LogP contribution >= 0.6 is 11.3 Å². The number of thiazole rings is 1. The number of hydrogen-bond donors (Lipinski definition) is 3. The van der Waals surface area contributed by atoms with Gasteiger partial charge in [-0.2, -0.15) is 0 Å². The van der Waals surface area contributed by atoms with Crippen LogP contribution in [-0.2, 0) is 11.3 Å². The predicted molar refractivity (Wildman–Crippen MR) is 97.3 cm³/mol. The molecule has 7 nitrogen and oxygen atoms in total. The number of carbonyl (C=O) groups excluding carboxylic acids is 1. The van der Waals surface area contributed by atoms with Crippen molar-refractivity contribution < 1.29 is 4.79 Å². The Balaban J connectivity index is 1.70. The van der Waals surface area contributed by atoms with E-state index in [2.05, 4.69) is 30.9 Å². The highest BCUT2D eigenvalue weighted by Crippen LogP contribution is 2.10. The fourth-order valence-corrected chi connectivity index (χ4v) is 2.70. The Kier molecular flexibility index (Phi) is 6.68. The molecular weight excluding hydrogens is 324 g/mol. The van der Waals surface area contributed by atoms with E-state index in [1.54, 1.807) is 24.5 Å². The molecule has 0 aliphatic rings. The molecule has 0 radical (unpaired) electrons. The molecule has 3 N–H and O–H groups in total. The van der Waals surface area contributed by atoms with Crippen LogP contribution in [0.4, 0.5) is 5.82 Å². The molecule has 2 rings (SSSR count). The summed E-state index contributed by atoms with van der Waals surface area (Å²) in [5, 5.41) is 10.1. The molecule has 8 heteroatoms. The summed E-state index contributed by atoms with van der Waals surface area (Å²) >= 11 is 1.64. The van der Waals surface area contributed by atoms with E-state index >= 15 is 0 Å². The number of carbonyl (C=O) groups is 1. The minimum absolute atomic E-state index is 0.0911. The van der Waals surface area contributed by atoms with Crippen LogP contribution in [0.3, 0.4) is 0 Å². The summed E-state index contributed by atoms with van der Waals surface area (Å²) in [5.41, 5.74) is 0.868. The van der Waals surface area contributed by atoms with Crippen molar-refractivity contribution in [2.24, 2.45) is 4.99 Å². The second-order valence-corrected chi connectivity index (χ2v) is 6.50. The molecule has 0 aliphatic heterocycles. The van der Waals surface area contributed by atoms with Crippen molar-refractivity contribution in [2.75, 3.05) is 18.9 Å². The molecule has 128 valence electrons. The third-order valence-electron chi connectivity index (χ3n) is 3.10. The summed E-state index contributed by atoms with van der Waals surface area (Å²) < 4.78 is 0. The van der Waals surface area contributed by atoms with Crippen molar-refractivity contribution in [3.05, 3.63) is 40.0 Å². The van der Waals surface area contributed by atoms with Crippen LogP contribution < -0.4 is 16.0 Å². The lowest BCUT2D eigenvalue weighted by Gasteiger charge is -2.11. The Morgan fingerprint density at radius 3 is 2.79 bits per heavy atom. The predicted octanol–water partition coefficient (Wildman–Crippen LogP) is 1.85. The first-order valence-corrected chi connectivity index (χ1v) is 8.48. The van der Waals surface area contributed by atoms with Gasteiger partial charge in [0.05, 0.1) is 6.54 Å². The van der Waals surface area contributed by atoms with Crippen molar-refractivity contribution in [1.29, 1.82) is 0 Å². The zero-order chi connectivity index (χ0) is 17.4. The quantitative estimate of drug-likeness (QED) is 0.548. The standard InChI is InChI=1S/C16H22N6OS/c1-11-5-4-6-13(21-11)22-14(23)7-8-18-16(17-3)20-10-15-19-9-12(2)24-15/h4-6,9H,7-8,10H2,1-3H3,(H2,17,18,20)(H,21,22,23).